The fraction of sp³-hybridized carbons (Fsp3) is 0.571. The molecule has 2 N–H and O–H groups in total. The summed E-state index contributed by atoms with van der Waals surface area (Å²) in [7, 11) is 0. The number of hydrogen-bond acceptors (Lipinski definition) is 2. The van der Waals surface area contributed by atoms with E-state index in [0.29, 0.717) is 0 Å². The smallest absolute Gasteiger partial charge is 0.0317 e. The van der Waals surface area contributed by atoms with Crippen molar-refractivity contribution < 1.29 is 0 Å². The van der Waals surface area contributed by atoms with Gasteiger partial charge in [-0.1, -0.05) is 38.8 Å². The highest BCUT2D eigenvalue weighted by Gasteiger charge is 2.03. The van der Waals surface area contributed by atoms with Gasteiger partial charge >= 0.3 is 0 Å². The molecule has 2 nitrogen and oxygen atoms in total. The van der Waals surface area contributed by atoms with Crippen molar-refractivity contribution in [1.82, 2.24) is 4.90 Å². The monoisotopic (exact) mass is 220 g/mol. The Labute approximate surface area is 99.5 Å². The van der Waals surface area contributed by atoms with Crippen LogP contribution in [0.3, 0.4) is 0 Å². The van der Waals surface area contributed by atoms with E-state index in [4.69, 9.17) is 5.73 Å². The molecule has 0 aliphatic rings. The third-order valence-corrected chi connectivity index (χ3v) is 2.88. The van der Waals surface area contributed by atoms with Gasteiger partial charge in [-0.2, -0.15) is 0 Å². The summed E-state index contributed by atoms with van der Waals surface area (Å²) in [5.74, 6) is 0. The molecule has 0 spiro atoms. The molecule has 0 heterocycles. The Kier molecular flexibility index (Phi) is 5.94. The van der Waals surface area contributed by atoms with Gasteiger partial charge in [-0.3, -0.25) is 4.90 Å². The molecule has 1 aromatic carbocycles. The van der Waals surface area contributed by atoms with E-state index in [-0.39, 0.29) is 0 Å². The Bertz CT molecular complexity index is 297. The van der Waals surface area contributed by atoms with Gasteiger partial charge < -0.3 is 5.73 Å². The molecule has 90 valence electrons. The molecule has 2 heteroatoms. The molecule has 0 saturated carbocycles. The standard InChI is InChI=1S/C14H24N2/c1-3-5-6-10-16(4-2)12-13-8-7-9-14(15)11-13/h7-9,11H,3-6,10,12,15H2,1-2H3. The SMILES string of the molecule is CCCCCN(CC)Cc1cccc(N)c1. The van der Waals surface area contributed by atoms with E-state index < -0.39 is 0 Å². The molecule has 0 aliphatic heterocycles. The molecule has 0 aliphatic carbocycles. The van der Waals surface area contributed by atoms with Crippen molar-refractivity contribution >= 4 is 5.69 Å². The Balaban J connectivity index is 2.43. The van der Waals surface area contributed by atoms with E-state index in [1.807, 2.05) is 12.1 Å². The van der Waals surface area contributed by atoms with Crippen LogP contribution in [0.5, 0.6) is 0 Å². The van der Waals surface area contributed by atoms with Crippen LogP contribution in [-0.4, -0.2) is 18.0 Å². The topological polar surface area (TPSA) is 29.3 Å². The second-order valence-electron chi connectivity index (χ2n) is 4.32. The second-order valence-corrected chi connectivity index (χ2v) is 4.32. The van der Waals surface area contributed by atoms with Crippen molar-refractivity contribution in [3.8, 4) is 0 Å². The fourth-order valence-corrected chi connectivity index (χ4v) is 1.88. The number of anilines is 1. The molecule has 1 aromatic rings. The van der Waals surface area contributed by atoms with Crippen LogP contribution in [0.25, 0.3) is 0 Å². The van der Waals surface area contributed by atoms with E-state index in [1.165, 1.54) is 31.4 Å². The zero-order valence-electron chi connectivity index (χ0n) is 10.6. The lowest BCUT2D eigenvalue weighted by molar-refractivity contribution is 0.273. The Morgan fingerprint density at radius 2 is 2.00 bits per heavy atom. The zero-order chi connectivity index (χ0) is 11.8. The van der Waals surface area contributed by atoms with Crippen LogP contribution in [-0.2, 0) is 6.54 Å². The normalized spacial score (nSPS) is 10.9. The number of nitrogens with zero attached hydrogens (tertiary/aromatic N) is 1. The Morgan fingerprint density at radius 1 is 1.19 bits per heavy atom. The average molecular weight is 220 g/mol. The van der Waals surface area contributed by atoms with Crippen LogP contribution in [0.1, 0.15) is 38.7 Å². The third kappa shape index (κ3) is 4.67. The average Bonchev–Trinajstić information content (AvgIpc) is 2.28. The fourth-order valence-electron chi connectivity index (χ4n) is 1.88. The largest absolute Gasteiger partial charge is 0.399 e. The maximum Gasteiger partial charge on any atom is 0.0317 e. The second kappa shape index (κ2) is 7.29. The van der Waals surface area contributed by atoms with Crippen LogP contribution in [0.4, 0.5) is 5.69 Å². The van der Waals surface area contributed by atoms with Gasteiger partial charge in [0.15, 0.2) is 0 Å². The van der Waals surface area contributed by atoms with E-state index in [9.17, 15) is 0 Å². The van der Waals surface area contributed by atoms with Crippen molar-refractivity contribution in [1.29, 1.82) is 0 Å². The number of benzene rings is 1. The van der Waals surface area contributed by atoms with Gasteiger partial charge in [0.25, 0.3) is 0 Å². The number of rotatable bonds is 7. The highest BCUT2D eigenvalue weighted by atomic mass is 15.1. The van der Waals surface area contributed by atoms with Gasteiger partial charge in [-0.25, -0.2) is 0 Å². The first-order chi connectivity index (χ1) is 7.76. The molecule has 0 atom stereocenters. The Hall–Kier alpha value is -1.02. The van der Waals surface area contributed by atoms with E-state index >= 15 is 0 Å². The summed E-state index contributed by atoms with van der Waals surface area (Å²) in [6, 6.07) is 8.20. The molecular weight excluding hydrogens is 196 g/mol. The molecule has 0 saturated heterocycles. The minimum atomic E-state index is 0.863. The van der Waals surface area contributed by atoms with Crippen LogP contribution < -0.4 is 5.73 Å². The molecule has 0 radical (unpaired) electrons. The number of hydrogen-bond donors (Lipinski definition) is 1. The minimum absolute atomic E-state index is 0.863. The van der Waals surface area contributed by atoms with Gasteiger partial charge in [-0.15, -0.1) is 0 Å². The molecule has 16 heavy (non-hydrogen) atoms. The minimum Gasteiger partial charge on any atom is -0.399 e. The highest BCUT2D eigenvalue weighted by Crippen LogP contribution is 2.10. The molecular formula is C14H24N2. The lowest BCUT2D eigenvalue weighted by Crippen LogP contribution is -2.24. The molecule has 0 aromatic heterocycles. The molecule has 0 fully saturated rings. The first-order valence-electron chi connectivity index (χ1n) is 6.33. The van der Waals surface area contributed by atoms with Gasteiger partial charge in [0.1, 0.15) is 0 Å². The van der Waals surface area contributed by atoms with Crippen LogP contribution in [0.15, 0.2) is 24.3 Å². The number of nitrogens with two attached hydrogens (primary N) is 1. The molecule has 0 bridgehead atoms. The summed E-state index contributed by atoms with van der Waals surface area (Å²) < 4.78 is 0. The highest BCUT2D eigenvalue weighted by molar-refractivity contribution is 5.40. The molecule has 0 amide bonds. The third-order valence-electron chi connectivity index (χ3n) is 2.88. The molecule has 1 rings (SSSR count). The van der Waals surface area contributed by atoms with Crippen LogP contribution in [0.2, 0.25) is 0 Å². The van der Waals surface area contributed by atoms with Crippen molar-refractivity contribution in [2.75, 3.05) is 18.8 Å². The van der Waals surface area contributed by atoms with Crippen molar-refractivity contribution in [2.45, 2.75) is 39.7 Å². The summed E-state index contributed by atoms with van der Waals surface area (Å²) in [5.41, 5.74) is 7.96. The predicted octanol–water partition coefficient (Wildman–Crippen LogP) is 3.28. The summed E-state index contributed by atoms with van der Waals surface area (Å²) in [4.78, 5) is 2.48. The zero-order valence-corrected chi connectivity index (χ0v) is 10.6. The summed E-state index contributed by atoms with van der Waals surface area (Å²) in [6.45, 7) is 7.79. The quantitative estimate of drug-likeness (QED) is 0.564. The van der Waals surface area contributed by atoms with Crippen molar-refractivity contribution in [2.24, 2.45) is 0 Å². The van der Waals surface area contributed by atoms with Gasteiger partial charge in [0.2, 0.25) is 0 Å². The van der Waals surface area contributed by atoms with Crippen molar-refractivity contribution in [3.05, 3.63) is 29.8 Å². The molecule has 0 unspecified atom stereocenters. The Morgan fingerprint density at radius 3 is 2.62 bits per heavy atom. The maximum absolute atomic E-state index is 5.78. The summed E-state index contributed by atoms with van der Waals surface area (Å²) in [6.07, 6.45) is 3.91. The van der Waals surface area contributed by atoms with Gasteiger partial charge in [0, 0.05) is 12.2 Å². The van der Waals surface area contributed by atoms with E-state index in [2.05, 4.69) is 30.9 Å². The summed E-state index contributed by atoms with van der Waals surface area (Å²) >= 11 is 0. The van der Waals surface area contributed by atoms with Gasteiger partial charge in [-0.05, 0) is 37.2 Å². The lowest BCUT2D eigenvalue weighted by atomic mass is 10.1. The number of nitrogen functional groups attached to an aromatic ring is 1. The summed E-state index contributed by atoms with van der Waals surface area (Å²) in [5, 5.41) is 0. The predicted molar refractivity (Wildman–Crippen MR) is 71.3 cm³/mol. The van der Waals surface area contributed by atoms with Crippen LogP contribution in [0, 0.1) is 0 Å². The van der Waals surface area contributed by atoms with E-state index in [1.54, 1.807) is 0 Å². The number of unbranched alkanes of at least 4 members (excludes halogenated alkanes) is 2. The lowest BCUT2D eigenvalue weighted by Gasteiger charge is -2.20. The van der Waals surface area contributed by atoms with Crippen molar-refractivity contribution in [3.63, 3.8) is 0 Å². The van der Waals surface area contributed by atoms with Crippen LogP contribution >= 0.6 is 0 Å². The maximum atomic E-state index is 5.78. The first kappa shape index (κ1) is 13.0. The first-order valence-corrected chi connectivity index (χ1v) is 6.33. The van der Waals surface area contributed by atoms with E-state index in [0.717, 1.165) is 18.8 Å². The van der Waals surface area contributed by atoms with Gasteiger partial charge in [0.05, 0.1) is 0 Å².